The van der Waals surface area contributed by atoms with Gasteiger partial charge >= 0.3 is 0 Å². The molecule has 0 atom stereocenters. The van der Waals surface area contributed by atoms with Gasteiger partial charge in [0.2, 0.25) is 9.84 Å². The van der Waals surface area contributed by atoms with Crippen molar-refractivity contribution in [2.24, 2.45) is 5.73 Å². The number of aliphatic hydroxyl groups is 1. The Hall–Kier alpha value is -5.70. The predicted octanol–water partition coefficient (Wildman–Crippen LogP) is 5.91. The Morgan fingerprint density at radius 1 is 0.938 bits per heavy atom. The molecular weight excluding hydrogens is 628 g/mol. The number of aryl methyl sites for hydroxylation is 2. The van der Waals surface area contributed by atoms with Crippen molar-refractivity contribution in [3.8, 4) is 17.6 Å². The second-order valence-electron chi connectivity index (χ2n) is 11.0. The van der Waals surface area contributed by atoms with Crippen LogP contribution in [0.1, 0.15) is 50.2 Å². The number of fused-ring (bicyclic) bond motifs is 1. The Labute approximate surface area is 278 Å². The zero-order chi connectivity index (χ0) is 34.4. The summed E-state index contributed by atoms with van der Waals surface area (Å²) in [5, 5.41) is 15.3. The number of pyridine rings is 1. The average Bonchev–Trinajstić information content (AvgIpc) is 3.07. The van der Waals surface area contributed by atoms with Crippen LogP contribution in [0.4, 0.5) is 17.1 Å². The van der Waals surface area contributed by atoms with Gasteiger partial charge in [-0.1, -0.05) is 24.0 Å². The number of amides is 2. The lowest BCUT2D eigenvalue weighted by Crippen LogP contribution is -2.15. The Balaban J connectivity index is 1.48. The smallest absolute Gasteiger partial charge is 0.255 e. The fraction of sp³-hybridized carbons (Fsp3) is 0.162. The first kappa shape index (κ1) is 33.7. The number of nitrogens with one attached hydrogen (secondary N) is 2. The summed E-state index contributed by atoms with van der Waals surface area (Å²) in [7, 11) is -2.61. The van der Waals surface area contributed by atoms with Gasteiger partial charge in [0.15, 0.2) is 0 Å². The summed E-state index contributed by atoms with van der Waals surface area (Å²) in [6, 6.07) is 21.1. The molecule has 1 aromatic heterocycles. The van der Waals surface area contributed by atoms with Gasteiger partial charge in [0, 0.05) is 53.2 Å². The molecule has 0 saturated carbocycles. The van der Waals surface area contributed by atoms with Crippen LogP contribution >= 0.6 is 0 Å². The fourth-order valence-electron chi connectivity index (χ4n) is 5.12. The number of sulfone groups is 1. The maximum Gasteiger partial charge on any atom is 0.255 e. The molecule has 0 aliphatic carbocycles. The number of rotatable bonds is 10. The van der Waals surface area contributed by atoms with Crippen LogP contribution in [0, 0.1) is 25.7 Å². The Morgan fingerprint density at radius 2 is 1.73 bits per heavy atom. The molecule has 5 aromatic rings. The van der Waals surface area contributed by atoms with Gasteiger partial charge in [-0.3, -0.25) is 14.6 Å². The number of carbonyl (C=O) groups is 2. The summed E-state index contributed by atoms with van der Waals surface area (Å²) in [6.45, 7) is 3.69. The van der Waals surface area contributed by atoms with Gasteiger partial charge in [-0.25, -0.2) is 8.42 Å². The lowest BCUT2D eigenvalue weighted by molar-refractivity contribution is 0.0998. The number of aromatic nitrogens is 1. The van der Waals surface area contributed by atoms with Crippen LogP contribution < -0.4 is 21.1 Å². The minimum Gasteiger partial charge on any atom is -0.497 e. The number of aliphatic hydroxyl groups excluding tert-OH is 1. The number of benzene rings is 4. The van der Waals surface area contributed by atoms with Gasteiger partial charge in [-0.05, 0) is 92.1 Å². The van der Waals surface area contributed by atoms with Crippen molar-refractivity contribution >= 4 is 49.6 Å². The molecule has 0 fully saturated rings. The number of carbonyl (C=O) groups excluding carboxylic acids is 2. The van der Waals surface area contributed by atoms with E-state index in [1.54, 1.807) is 49.4 Å². The molecule has 0 bridgehead atoms. The normalized spacial score (nSPS) is 11.0. The topological polar surface area (TPSA) is 161 Å². The molecule has 4 aromatic carbocycles. The summed E-state index contributed by atoms with van der Waals surface area (Å²) < 4.78 is 33.4. The van der Waals surface area contributed by atoms with E-state index in [1.807, 2.05) is 6.92 Å². The minimum absolute atomic E-state index is 0.0477. The number of ether oxygens (including phenoxy) is 1. The van der Waals surface area contributed by atoms with E-state index in [0.717, 1.165) is 11.1 Å². The number of hydrogen-bond donors (Lipinski definition) is 4. The summed E-state index contributed by atoms with van der Waals surface area (Å²) in [4.78, 5) is 30.0. The monoisotopic (exact) mass is 662 g/mol. The van der Waals surface area contributed by atoms with Crippen LogP contribution in [-0.4, -0.2) is 44.0 Å². The molecule has 244 valence electrons. The molecule has 0 aliphatic heterocycles. The number of hydrogen-bond acceptors (Lipinski definition) is 8. The van der Waals surface area contributed by atoms with Gasteiger partial charge in [0.25, 0.3) is 11.8 Å². The van der Waals surface area contributed by atoms with Gasteiger partial charge in [-0.15, -0.1) is 0 Å². The Bertz CT molecular complexity index is 2220. The second-order valence-corrected chi connectivity index (χ2v) is 13.0. The number of unbranched alkanes of at least 4 members (excludes halogenated alkanes) is 1. The first-order valence-electron chi connectivity index (χ1n) is 15.0. The lowest BCUT2D eigenvalue weighted by Gasteiger charge is -2.16. The molecular formula is C37H34N4O6S. The van der Waals surface area contributed by atoms with Crippen molar-refractivity contribution in [2.75, 3.05) is 24.4 Å². The zero-order valence-electron chi connectivity index (χ0n) is 26.6. The first-order valence-corrected chi connectivity index (χ1v) is 16.5. The number of methoxy groups -OCH3 is 1. The summed E-state index contributed by atoms with van der Waals surface area (Å²) in [5.41, 5.74) is 10.1. The highest BCUT2D eigenvalue weighted by molar-refractivity contribution is 7.91. The van der Waals surface area contributed by atoms with Gasteiger partial charge in [0.1, 0.15) is 5.75 Å². The number of anilines is 3. The Morgan fingerprint density at radius 3 is 2.46 bits per heavy atom. The zero-order valence-corrected chi connectivity index (χ0v) is 27.4. The van der Waals surface area contributed by atoms with E-state index in [9.17, 15) is 18.0 Å². The summed E-state index contributed by atoms with van der Waals surface area (Å²) >= 11 is 0. The van der Waals surface area contributed by atoms with Crippen molar-refractivity contribution in [3.05, 3.63) is 113 Å². The standard InChI is InChI=1S/C37H34N4O6S/c1-23-17-28(15-14-25(23)9-5-4-6-16-42)41-37(44)26-10-7-13-30(19-26)48(45,46)31-18-24(2)34-32(21-31)35(33(22-39-34)36(38)43)40-27-11-8-12-29(20-27)47-3/h7-8,10-15,17-22,42H,4,6,16H2,1-3H3,(H2,38,43)(H,39,40)(H,41,44). The number of nitrogens with zero attached hydrogens (tertiary/aromatic N) is 1. The maximum atomic E-state index is 14.0. The average molecular weight is 663 g/mol. The third kappa shape index (κ3) is 7.31. The molecule has 48 heavy (non-hydrogen) atoms. The van der Waals surface area contributed by atoms with Crippen molar-refractivity contribution in [1.29, 1.82) is 0 Å². The van der Waals surface area contributed by atoms with Crippen LogP contribution in [0.5, 0.6) is 5.75 Å². The molecule has 0 radical (unpaired) electrons. The molecule has 1 heterocycles. The van der Waals surface area contributed by atoms with E-state index in [0.29, 0.717) is 52.1 Å². The van der Waals surface area contributed by atoms with E-state index in [4.69, 9.17) is 15.6 Å². The van der Waals surface area contributed by atoms with Crippen molar-refractivity contribution in [1.82, 2.24) is 4.98 Å². The largest absolute Gasteiger partial charge is 0.497 e. The lowest BCUT2D eigenvalue weighted by atomic mass is 10.1. The number of nitrogens with two attached hydrogens (primary N) is 1. The van der Waals surface area contributed by atoms with Crippen LogP contribution in [0.15, 0.2) is 94.9 Å². The molecule has 0 spiro atoms. The highest BCUT2D eigenvalue weighted by Crippen LogP contribution is 2.35. The van der Waals surface area contributed by atoms with Crippen LogP contribution in [0.25, 0.3) is 10.9 Å². The van der Waals surface area contributed by atoms with Gasteiger partial charge in [-0.2, -0.15) is 0 Å². The van der Waals surface area contributed by atoms with Crippen molar-refractivity contribution in [2.45, 2.75) is 36.5 Å². The maximum absolute atomic E-state index is 14.0. The Kier molecular flexibility index (Phi) is 10.1. The molecule has 0 saturated heterocycles. The molecule has 10 nitrogen and oxygen atoms in total. The van der Waals surface area contributed by atoms with E-state index in [1.165, 1.54) is 49.7 Å². The predicted molar refractivity (Wildman–Crippen MR) is 185 cm³/mol. The second kappa shape index (κ2) is 14.4. The summed E-state index contributed by atoms with van der Waals surface area (Å²) in [6.07, 6.45) is 2.54. The molecule has 2 amide bonds. The van der Waals surface area contributed by atoms with Crippen LogP contribution in [-0.2, 0) is 9.84 Å². The first-order chi connectivity index (χ1) is 23.0. The molecule has 5 rings (SSSR count). The van der Waals surface area contributed by atoms with Gasteiger partial charge in [0.05, 0.1) is 33.7 Å². The van der Waals surface area contributed by atoms with E-state index in [-0.39, 0.29) is 27.5 Å². The number of primary amides is 1. The molecule has 0 unspecified atom stereocenters. The van der Waals surface area contributed by atoms with Crippen LogP contribution in [0.3, 0.4) is 0 Å². The third-order valence-electron chi connectivity index (χ3n) is 7.62. The fourth-order valence-corrected chi connectivity index (χ4v) is 6.54. The molecule has 0 aliphatic rings. The van der Waals surface area contributed by atoms with Crippen molar-refractivity contribution < 1.29 is 27.9 Å². The SMILES string of the molecule is COc1cccc(Nc2c(C(N)=O)cnc3c(C)cc(S(=O)(=O)c4cccc(C(=O)Nc5ccc(C#CCCCO)c(C)c5)c4)cc23)c1. The highest BCUT2D eigenvalue weighted by Gasteiger charge is 2.23. The van der Waals surface area contributed by atoms with Crippen molar-refractivity contribution in [3.63, 3.8) is 0 Å². The molecule has 5 N–H and O–H groups in total. The minimum atomic E-state index is -4.14. The van der Waals surface area contributed by atoms with E-state index >= 15 is 0 Å². The quantitative estimate of drug-likeness (QED) is 0.106. The van der Waals surface area contributed by atoms with Crippen LogP contribution in [0.2, 0.25) is 0 Å². The highest BCUT2D eigenvalue weighted by atomic mass is 32.2. The van der Waals surface area contributed by atoms with Gasteiger partial charge < -0.3 is 26.2 Å². The summed E-state index contributed by atoms with van der Waals surface area (Å²) in [5.74, 6) is 5.44. The molecule has 11 heteroatoms. The van der Waals surface area contributed by atoms with E-state index in [2.05, 4.69) is 27.5 Å². The van der Waals surface area contributed by atoms with E-state index < -0.39 is 21.7 Å². The third-order valence-corrected chi connectivity index (χ3v) is 9.35.